The summed E-state index contributed by atoms with van der Waals surface area (Å²) in [6, 6.07) is 10.3. The number of tetrazole rings is 1. The first-order valence-corrected chi connectivity index (χ1v) is 7.64. The van der Waals surface area contributed by atoms with Gasteiger partial charge in [0.05, 0.1) is 10.6 Å². The third-order valence-corrected chi connectivity index (χ3v) is 3.51. The number of hydrogen-bond acceptors (Lipinski definition) is 7. The molecule has 0 saturated heterocycles. The Morgan fingerprint density at radius 2 is 1.96 bits per heavy atom. The number of ether oxygens (including phenoxy) is 2. The van der Waals surface area contributed by atoms with E-state index in [1.807, 2.05) is 0 Å². The Balaban J connectivity index is 1.77. The van der Waals surface area contributed by atoms with Gasteiger partial charge in [-0.1, -0.05) is 6.07 Å². The van der Waals surface area contributed by atoms with E-state index >= 15 is 0 Å². The van der Waals surface area contributed by atoms with Crippen LogP contribution in [0.5, 0.6) is 11.5 Å². The summed E-state index contributed by atoms with van der Waals surface area (Å²) >= 11 is 0. The van der Waals surface area contributed by atoms with Crippen molar-refractivity contribution in [3.8, 4) is 17.2 Å². The first kappa shape index (κ1) is 18.2. The van der Waals surface area contributed by atoms with E-state index in [1.165, 1.54) is 41.1 Å². The first-order valence-electron chi connectivity index (χ1n) is 7.64. The molecule has 0 bridgehead atoms. The molecule has 0 saturated carbocycles. The zero-order valence-corrected chi connectivity index (χ0v) is 14.0. The van der Waals surface area contributed by atoms with Crippen LogP contribution >= 0.6 is 0 Å². The summed E-state index contributed by atoms with van der Waals surface area (Å²) < 4.78 is 35.5. The fourth-order valence-corrected chi connectivity index (χ4v) is 2.30. The summed E-state index contributed by atoms with van der Waals surface area (Å²) in [5, 5.41) is 22.3. The number of hydrogen-bond donors (Lipinski definition) is 0. The second-order valence-electron chi connectivity index (χ2n) is 5.40. The van der Waals surface area contributed by atoms with Crippen molar-refractivity contribution < 1.29 is 23.2 Å². The van der Waals surface area contributed by atoms with Crippen LogP contribution in [0.2, 0.25) is 0 Å². The summed E-state index contributed by atoms with van der Waals surface area (Å²) in [4.78, 5) is 10.6. The molecule has 0 radical (unpaired) electrons. The summed E-state index contributed by atoms with van der Waals surface area (Å²) in [7, 11) is 0. The van der Waals surface area contributed by atoms with Gasteiger partial charge in [0, 0.05) is 6.07 Å². The Morgan fingerprint density at radius 3 is 2.63 bits per heavy atom. The lowest BCUT2D eigenvalue weighted by molar-refractivity contribution is -0.386. The van der Waals surface area contributed by atoms with Gasteiger partial charge in [0.25, 0.3) is 0 Å². The van der Waals surface area contributed by atoms with E-state index in [0.717, 1.165) is 5.56 Å². The van der Waals surface area contributed by atoms with Gasteiger partial charge in [-0.05, 0) is 53.2 Å². The Bertz CT molecular complexity index is 946. The van der Waals surface area contributed by atoms with E-state index in [9.17, 15) is 18.9 Å². The SMILES string of the molecule is Cc1ccc(OCc2nnnn2-c2ccc(OC(F)F)cc2)c([N+](=O)[O-])c1. The normalized spacial score (nSPS) is 10.8. The van der Waals surface area contributed by atoms with Crippen LogP contribution in [0.3, 0.4) is 0 Å². The topological polar surface area (TPSA) is 105 Å². The molecule has 1 aromatic heterocycles. The van der Waals surface area contributed by atoms with E-state index < -0.39 is 11.5 Å². The van der Waals surface area contributed by atoms with Crippen molar-refractivity contribution in [1.29, 1.82) is 0 Å². The quantitative estimate of drug-likeness (QED) is 0.460. The minimum absolute atomic E-state index is 0.00472. The van der Waals surface area contributed by atoms with Gasteiger partial charge in [0.15, 0.2) is 18.2 Å². The van der Waals surface area contributed by atoms with Gasteiger partial charge in [0.2, 0.25) is 0 Å². The maximum atomic E-state index is 12.2. The van der Waals surface area contributed by atoms with Crippen molar-refractivity contribution in [2.45, 2.75) is 20.1 Å². The number of aromatic nitrogens is 4. The van der Waals surface area contributed by atoms with Crippen LogP contribution < -0.4 is 9.47 Å². The van der Waals surface area contributed by atoms with E-state index in [0.29, 0.717) is 5.69 Å². The van der Waals surface area contributed by atoms with Gasteiger partial charge in [-0.25, -0.2) is 0 Å². The standard InChI is InChI=1S/C16H13F2N5O4/c1-10-2-7-14(13(8-10)23(24)25)26-9-15-19-20-21-22(15)11-3-5-12(6-4-11)27-16(17)18/h2-8,16H,9H2,1H3. The van der Waals surface area contributed by atoms with Crippen LogP contribution in [-0.4, -0.2) is 31.7 Å². The molecule has 140 valence electrons. The lowest BCUT2D eigenvalue weighted by Gasteiger charge is -2.09. The van der Waals surface area contributed by atoms with Crippen LogP contribution in [0.4, 0.5) is 14.5 Å². The zero-order chi connectivity index (χ0) is 19.4. The Hall–Kier alpha value is -3.63. The molecule has 0 aliphatic rings. The molecule has 0 amide bonds. The van der Waals surface area contributed by atoms with E-state index in [-0.39, 0.29) is 29.6 Å². The van der Waals surface area contributed by atoms with Crippen LogP contribution in [0.15, 0.2) is 42.5 Å². The van der Waals surface area contributed by atoms with Crippen LogP contribution in [0.1, 0.15) is 11.4 Å². The highest BCUT2D eigenvalue weighted by Gasteiger charge is 2.17. The minimum atomic E-state index is -2.92. The van der Waals surface area contributed by atoms with Gasteiger partial charge in [-0.3, -0.25) is 10.1 Å². The fraction of sp³-hybridized carbons (Fsp3) is 0.188. The van der Waals surface area contributed by atoms with Gasteiger partial charge in [-0.15, -0.1) is 5.10 Å². The highest BCUT2D eigenvalue weighted by Crippen LogP contribution is 2.28. The van der Waals surface area contributed by atoms with Crippen molar-refractivity contribution in [3.05, 3.63) is 64.0 Å². The molecule has 0 N–H and O–H groups in total. The van der Waals surface area contributed by atoms with Gasteiger partial charge >= 0.3 is 12.3 Å². The maximum Gasteiger partial charge on any atom is 0.387 e. The predicted octanol–water partition coefficient (Wildman–Crippen LogP) is 3.06. The maximum absolute atomic E-state index is 12.2. The smallest absolute Gasteiger partial charge is 0.387 e. The molecule has 3 rings (SSSR count). The largest absolute Gasteiger partial charge is 0.478 e. The summed E-state index contributed by atoms with van der Waals surface area (Å²) in [5.41, 5.74) is 1.05. The number of halogens is 2. The third-order valence-electron chi connectivity index (χ3n) is 3.51. The number of aryl methyl sites for hydroxylation is 1. The van der Waals surface area contributed by atoms with Crippen LogP contribution in [-0.2, 0) is 6.61 Å². The molecule has 2 aromatic carbocycles. The first-order chi connectivity index (χ1) is 12.9. The number of benzene rings is 2. The predicted molar refractivity (Wildman–Crippen MR) is 88.0 cm³/mol. The second-order valence-corrected chi connectivity index (χ2v) is 5.40. The number of nitro benzene ring substituents is 1. The lowest BCUT2D eigenvalue weighted by Crippen LogP contribution is -2.08. The number of alkyl halides is 2. The lowest BCUT2D eigenvalue weighted by atomic mass is 10.2. The van der Waals surface area contributed by atoms with Crippen molar-refractivity contribution in [3.63, 3.8) is 0 Å². The van der Waals surface area contributed by atoms with Crippen LogP contribution in [0, 0.1) is 17.0 Å². The minimum Gasteiger partial charge on any atom is -0.478 e. The third kappa shape index (κ3) is 4.32. The second kappa shape index (κ2) is 7.72. The Morgan fingerprint density at radius 1 is 1.22 bits per heavy atom. The highest BCUT2D eigenvalue weighted by molar-refractivity contribution is 5.48. The number of rotatable bonds is 7. The molecule has 11 heteroatoms. The molecule has 0 spiro atoms. The average molecular weight is 377 g/mol. The van der Waals surface area contributed by atoms with Crippen molar-refractivity contribution >= 4 is 5.69 Å². The molecule has 0 aliphatic heterocycles. The van der Waals surface area contributed by atoms with E-state index in [4.69, 9.17) is 4.74 Å². The molecule has 0 unspecified atom stereocenters. The van der Waals surface area contributed by atoms with E-state index in [1.54, 1.807) is 13.0 Å². The molecular formula is C16H13F2N5O4. The zero-order valence-electron chi connectivity index (χ0n) is 14.0. The van der Waals surface area contributed by atoms with Crippen LogP contribution in [0.25, 0.3) is 5.69 Å². The van der Waals surface area contributed by atoms with Crippen molar-refractivity contribution in [2.75, 3.05) is 0 Å². The summed E-state index contributed by atoms with van der Waals surface area (Å²) in [5.74, 6) is 0.350. The number of nitrogens with zero attached hydrogens (tertiary/aromatic N) is 5. The fourth-order valence-electron chi connectivity index (χ4n) is 2.30. The van der Waals surface area contributed by atoms with Gasteiger partial charge in [0.1, 0.15) is 5.75 Å². The molecule has 9 nitrogen and oxygen atoms in total. The molecule has 0 atom stereocenters. The average Bonchev–Trinajstić information content (AvgIpc) is 3.09. The molecule has 3 aromatic rings. The van der Waals surface area contributed by atoms with Crippen molar-refractivity contribution in [2.24, 2.45) is 0 Å². The monoisotopic (exact) mass is 377 g/mol. The molecule has 0 fully saturated rings. The summed E-state index contributed by atoms with van der Waals surface area (Å²) in [6.07, 6.45) is 0. The molecular weight excluding hydrogens is 364 g/mol. The van der Waals surface area contributed by atoms with Crippen molar-refractivity contribution in [1.82, 2.24) is 20.2 Å². The Kier molecular flexibility index (Phi) is 5.20. The molecule has 0 aliphatic carbocycles. The molecule has 1 heterocycles. The summed E-state index contributed by atoms with van der Waals surface area (Å²) in [6.45, 7) is -1.32. The number of nitro groups is 1. The van der Waals surface area contributed by atoms with Gasteiger partial charge in [-0.2, -0.15) is 13.5 Å². The highest BCUT2D eigenvalue weighted by atomic mass is 19.3. The Labute approximate surface area is 151 Å². The van der Waals surface area contributed by atoms with E-state index in [2.05, 4.69) is 20.3 Å². The van der Waals surface area contributed by atoms with Gasteiger partial charge < -0.3 is 9.47 Å². The molecule has 27 heavy (non-hydrogen) atoms.